The highest BCUT2D eigenvalue weighted by atomic mass is 35.5. The summed E-state index contributed by atoms with van der Waals surface area (Å²) in [6, 6.07) is 18.4. The fraction of sp³-hybridized carbons (Fsp3) is 0.0769. The molecule has 5 aromatic rings. The first-order valence-corrected chi connectivity index (χ1v) is 10.9. The molecule has 0 aliphatic carbocycles. The summed E-state index contributed by atoms with van der Waals surface area (Å²) >= 11 is 12.4. The number of fused-ring (bicyclic) bond motifs is 2. The Balaban J connectivity index is 1.58. The van der Waals surface area contributed by atoms with Gasteiger partial charge >= 0.3 is 11.3 Å². The van der Waals surface area contributed by atoms with Crippen molar-refractivity contribution in [2.24, 2.45) is 0 Å². The summed E-state index contributed by atoms with van der Waals surface area (Å²) in [4.78, 5) is 25.2. The Bertz CT molecular complexity index is 1650. The Morgan fingerprint density at radius 2 is 1.62 bits per heavy atom. The third-order valence-corrected chi connectivity index (χ3v) is 6.10. The van der Waals surface area contributed by atoms with E-state index in [-0.39, 0.29) is 17.8 Å². The lowest BCUT2D eigenvalue weighted by molar-refractivity contribution is 0.306. The first kappa shape index (κ1) is 22.1. The molecule has 0 spiro atoms. The molecule has 8 heteroatoms. The fourth-order valence-electron chi connectivity index (χ4n) is 3.75. The highest BCUT2D eigenvalue weighted by Crippen LogP contribution is 2.32. The van der Waals surface area contributed by atoms with Crippen molar-refractivity contribution in [2.45, 2.75) is 6.61 Å². The first-order valence-electron chi connectivity index (χ1n) is 10.2. The minimum Gasteiger partial charge on any atom is -0.493 e. The molecule has 0 atom stereocenters. The van der Waals surface area contributed by atoms with Crippen LogP contribution in [0.1, 0.15) is 5.56 Å². The summed E-state index contributed by atoms with van der Waals surface area (Å²) in [6.45, 7) is 0.129. The van der Waals surface area contributed by atoms with Crippen LogP contribution in [0.15, 0.2) is 85.2 Å². The van der Waals surface area contributed by atoms with Crippen LogP contribution in [0, 0.1) is 0 Å². The van der Waals surface area contributed by atoms with Gasteiger partial charge in [-0.05, 0) is 36.4 Å². The van der Waals surface area contributed by atoms with Crippen molar-refractivity contribution < 1.29 is 18.3 Å². The standard InChI is InChI=1S/C26H16Cl2O6/c1-31-22-7-2-4-14-10-18(26(30)34-25(14)22)17-12-24(29)33-23-11-15(8-9-16(17)23)32-13-19-20(27)5-3-6-21(19)28/h2-12H,13H2,1H3. The van der Waals surface area contributed by atoms with E-state index in [1.807, 2.05) is 0 Å². The highest BCUT2D eigenvalue weighted by Gasteiger charge is 2.16. The summed E-state index contributed by atoms with van der Waals surface area (Å²) in [5.41, 5.74) is 0.651. The molecule has 0 saturated heterocycles. The summed E-state index contributed by atoms with van der Waals surface area (Å²) in [5.74, 6) is 0.887. The van der Waals surface area contributed by atoms with E-state index in [1.165, 1.54) is 13.2 Å². The van der Waals surface area contributed by atoms with Crippen LogP contribution in [-0.2, 0) is 6.61 Å². The maximum atomic E-state index is 12.8. The summed E-state index contributed by atoms with van der Waals surface area (Å²) in [6.07, 6.45) is 0. The average Bonchev–Trinajstić information content (AvgIpc) is 2.82. The van der Waals surface area contributed by atoms with E-state index >= 15 is 0 Å². The molecular weight excluding hydrogens is 479 g/mol. The van der Waals surface area contributed by atoms with Gasteiger partial charge in [0.1, 0.15) is 17.9 Å². The Labute approximate surface area is 202 Å². The van der Waals surface area contributed by atoms with Crippen LogP contribution in [0.5, 0.6) is 11.5 Å². The van der Waals surface area contributed by atoms with Crippen LogP contribution in [0.3, 0.4) is 0 Å². The number of hydrogen-bond acceptors (Lipinski definition) is 6. The molecule has 0 radical (unpaired) electrons. The zero-order valence-electron chi connectivity index (χ0n) is 17.8. The molecule has 170 valence electrons. The predicted octanol–water partition coefficient (Wildman–Crippen LogP) is 6.46. The number of para-hydroxylation sites is 1. The summed E-state index contributed by atoms with van der Waals surface area (Å²) < 4.78 is 22.0. The van der Waals surface area contributed by atoms with Gasteiger partial charge in [-0.2, -0.15) is 0 Å². The molecule has 0 aliphatic heterocycles. The van der Waals surface area contributed by atoms with Crippen molar-refractivity contribution in [1.29, 1.82) is 0 Å². The van der Waals surface area contributed by atoms with Gasteiger partial charge < -0.3 is 18.3 Å². The van der Waals surface area contributed by atoms with Crippen molar-refractivity contribution in [1.82, 2.24) is 0 Å². The van der Waals surface area contributed by atoms with Crippen molar-refractivity contribution in [3.8, 4) is 22.6 Å². The van der Waals surface area contributed by atoms with Crippen LogP contribution in [0.25, 0.3) is 33.1 Å². The monoisotopic (exact) mass is 494 g/mol. The van der Waals surface area contributed by atoms with Gasteiger partial charge in [-0.3, -0.25) is 0 Å². The predicted molar refractivity (Wildman–Crippen MR) is 131 cm³/mol. The maximum absolute atomic E-state index is 12.8. The van der Waals surface area contributed by atoms with Gasteiger partial charge in [0.05, 0.1) is 12.7 Å². The molecule has 34 heavy (non-hydrogen) atoms. The number of halogens is 2. The van der Waals surface area contributed by atoms with Gasteiger partial charge in [-0.25, -0.2) is 9.59 Å². The lowest BCUT2D eigenvalue weighted by atomic mass is 10.0. The second-order valence-electron chi connectivity index (χ2n) is 7.45. The molecule has 3 aromatic carbocycles. The second kappa shape index (κ2) is 8.89. The maximum Gasteiger partial charge on any atom is 0.344 e. The van der Waals surface area contributed by atoms with Crippen LogP contribution in [0.2, 0.25) is 10.0 Å². The van der Waals surface area contributed by atoms with E-state index < -0.39 is 11.3 Å². The van der Waals surface area contributed by atoms with Gasteiger partial charge in [0.25, 0.3) is 0 Å². The van der Waals surface area contributed by atoms with Gasteiger partial charge in [-0.1, -0.05) is 41.4 Å². The van der Waals surface area contributed by atoms with Gasteiger partial charge in [0, 0.05) is 44.1 Å². The average molecular weight is 495 g/mol. The minimum atomic E-state index is -0.612. The zero-order valence-corrected chi connectivity index (χ0v) is 19.3. The van der Waals surface area contributed by atoms with Crippen LogP contribution in [-0.4, -0.2) is 7.11 Å². The van der Waals surface area contributed by atoms with Crippen molar-refractivity contribution in [3.63, 3.8) is 0 Å². The Hall–Kier alpha value is -3.74. The molecule has 0 fully saturated rings. The first-order chi connectivity index (χ1) is 16.4. The molecule has 2 aromatic heterocycles. The van der Waals surface area contributed by atoms with E-state index in [0.29, 0.717) is 49.0 Å². The third kappa shape index (κ3) is 4.02. The number of hydrogen-bond donors (Lipinski definition) is 0. The van der Waals surface area contributed by atoms with Gasteiger partial charge in [0.15, 0.2) is 11.3 Å². The van der Waals surface area contributed by atoms with Crippen LogP contribution >= 0.6 is 23.2 Å². The van der Waals surface area contributed by atoms with Gasteiger partial charge in [0.2, 0.25) is 0 Å². The molecule has 0 amide bonds. The van der Waals surface area contributed by atoms with E-state index in [2.05, 4.69) is 0 Å². The second-order valence-corrected chi connectivity index (χ2v) is 8.27. The molecular formula is C26H16Cl2O6. The normalized spacial score (nSPS) is 11.1. The molecule has 6 nitrogen and oxygen atoms in total. The zero-order chi connectivity index (χ0) is 23.8. The lowest BCUT2D eigenvalue weighted by Gasteiger charge is -2.11. The summed E-state index contributed by atoms with van der Waals surface area (Å²) in [7, 11) is 1.50. The molecule has 2 heterocycles. The molecule has 0 N–H and O–H groups in total. The topological polar surface area (TPSA) is 78.9 Å². The van der Waals surface area contributed by atoms with Crippen LogP contribution in [0.4, 0.5) is 0 Å². The smallest absolute Gasteiger partial charge is 0.344 e. The third-order valence-electron chi connectivity index (χ3n) is 5.39. The number of benzene rings is 3. The quantitative estimate of drug-likeness (QED) is 0.261. The van der Waals surface area contributed by atoms with E-state index in [0.717, 1.165) is 0 Å². The number of rotatable bonds is 5. The molecule has 0 unspecified atom stereocenters. The Kier molecular flexibility index (Phi) is 5.77. The largest absolute Gasteiger partial charge is 0.493 e. The summed E-state index contributed by atoms with van der Waals surface area (Å²) in [5, 5.41) is 2.19. The van der Waals surface area contributed by atoms with Crippen LogP contribution < -0.4 is 20.7 Å². The van der Waals surface area contributed by atoms with E-state index in [9.17, 15) is 9.59 Å². The molecule has 5 rings (SSSR count). The SMILES string of the molecule is COc1cccc2cc(-c3cc(=O)oc4cc(OCc5c(Cl)cccc5Cl)ccc34)c(=O)oc12. The highest BCUT2D eigenvalue weighted by molar-refractivity contribution is 6.35. The molecule has 0 saturated carbocycles. The Morgan fingerprint density at radius 1 is 0.853 bits per heavy atom. The van der Waals surface area contributed by atoms with Crippen molar-refractivity contribution >= 4 is 45.1 Å². The minimum absolute atomic E-state index is 0.129. The number of methoxy groups -OCH3 is 1. The van der Waals surface area contributed by atoms with Crippen molar-refractivity contribution in [2.75, 3.05) is 7.11 Å². The molecule has 0 aliphatic rings. The Morgan fingerprint density at radius 3 is 2.38 bits per heavy atom. The fourth-order valence-corrected chi connectivity index (χ4v) is 4.25. The number of ether oxygens (including phenoxy) is 2. The van der Waals surface area contributed by atoms with Gasteiger partial charge in [-0.15, -0.1) is 0 Å². The van der Waals surface area contributed by atoms with Crippen molar-refractivity contribution in [3.05, 3.63) is 103 Å². The lowest BCUT2D eigenvalue weighted by Crippen LogP contribution is -2.07. The molecule has 0 bridgehead atoms. The van der Waals surface area contributed by atoms with E-state index in [1.54, 1.807) is 60.7 Å². The van der Waals surface area contributed by atoms with E-state index in [4.69, 9.17) is 41.5 Å².